The van der Waals surface area contributed by atoms with Gasteiger partial charge >= 0.3 is 0 Å². The van der Waals surface area contributed by atoms with Gasteiger partial charge in [-0.25, -0.2) is 9.67 Å². The van der Waals surface area contributed by atoms with Gasteiger partial charge in [-0.2, -0.15) is 5.10 Å². The highest BCUT2D eigenvalue weighted by atomic mass is 16.2. The molecule has 7 heteroatoms. The lowest BCUT2D eigenvalue weighted by Gasteiger charge is -2.21. The molecule has 2 aromatic carbocycles. The Kier molecular flexibility index (Phi) is 7.48. The SMILES string of the molecule is Cc1ccc([C@H](C)CN[C@@H](C(=O)Nc2ccc(-c3cnn(C)c(=O)c3)cn2)c2ccccc2)cc1. The van der Waals surface area contributed by atoms with E-state index in [2.05, 4.69) is 58.8 Å². The third-order valence-electron chi connectivity index (χ3n) is 5.99. The molecule has 0 saturated heterocycles. The second-order valence-corrected chi connectivity index (χ2v) is 8.69. The molecule has 178 valence electrons. The summed E-state index contributed by atoms with van der Waals surface area (Å²) < 4.78 is 1.27. The van der Waals surface area contributed by atoms with Crippen LogP contribution in [-0.4, -0.2) is 27.2 Å². The number of hydrogen-bond acceptors (Lipinski definition) is 5. The van der Waals surface area contributed by atoms with Gasteiger partial charge in [0.05, 0.1) is 6.20 Å². The topological polar surface area (TPSA) is 88.9 Å². The summed E-state index contributed by atoms with van der Waals surface area (Å²) in [5, 5.41) is 10.4. The van der Waals surface area contributed by atoms with Crippen LogP contribution in [0.5, 0.6) is 0 Å². The number of aryl methyl sites for hydroxylation is 2. The van der Waals surface area contributed by atoms with E-state index in [1.165, 1.54) is 21.9 Å². The van der Waals surface area contributed by atoms with Crippen molar-refractivity contribution in [1.82, 2.24) is 20.1 Å². The number of nitrogens with one attached hydrogen (secondary N) is 2. The molecule has 2 atom stereocenters. The predicted molar refractivity (Wildman–Crippen MR) is 138 cm³/mol. The minimum atomic E-state index is -0.535. The lowest BCUT2D eigenvalue weighted by Crippen LogP contribution is -2.35. The Morgan fingerprint density at radius 3 is 2.34 bits per heavy atom. The zero-order chi connectivity index (χ0) is 24.8. The molecule has 0 unspecified atom stereocenters. The maximum absolute atomic E-state index is 13.3. The van der Waals surface area contributed by atoms with Crippen LogP contribution in [0.25, 0.3) is 11.1 Å². The molecule has 4 aromatic rings. The minimum Gasteiger partial charge on any atom is -0.309 e. The van der Waals surface area contributed by atoms with Crippen molar-refractivity contribution in [2.75, 3.05) is 11.9 Å². The zero-order valence-electron chi connectivity index (χ0n) is 20.1. The number of hydrogen-bond donors (Lipinski definition) is 2. The van der Waals surface area contributed by atoms with Crippen molar-refractivity contribution in [2.24, 2.45) is 7.05 Å². The van der Waals surface area contributed by atoms with Crippen LogP contribution in [0.3, 0.4) is 0 Å². The molecular weight excluding hydrogens is 438 g/mol. The average molecular weight is 468 g/mol. The van der Waals surface area contributed by atoms with Gasteiger partial charge in [0.2, 0.25) is 5.91 Å². The molecule has 0 bridgehead atoms. The van der Waals surface area contributed by atoms with Gasteiger partial charge in [-0.1, -0.05) is 67.1 Å². The monoisotopic (exact) mass is 467 g/mol. The van der Waals surface area contributed by atoms with Gasteiger partial charge < -0.3 is 10.6 Å². The Balaban J connectivity index is 1.47. The second-order valence-electron chi connectivity index (χ2n) is 8.69. The van der Waals surface area contributed by atoms with Crippen molar-refractivity contribution < 1.29 is 4.79 Å². The summed E-state index contributed by atoms with van der Waals surface area (Å²) in [5.41, 5.74) is 4.54. The van der Waals surface area contributed by atoms with Crippen LogP contribution < -0.4 is 16.2 Å². The van der Waals surface area contributed by atoms with E-state index in [0.29, 0.717) is 17.9 Å². The Morgan fingerprint density at radius 1 is 0.943 bits per heavy atom. The first-order valence-corrected chi connectivity index (χ1v) is 11.6. The first kappa shape index (κ1) is 24.0. The largest absolute Gasteiger partial charge is 0.309 e. The molecule has 0 aliphatic carbocycles. The Morgan fingerprint density at radius 2 is 1.69 bits per heavy atom. The van der Waals surface area contributed by atoms with Crippen LogP contribution in [0.15, 0.2) is 90.0 Å². The van der Waals surface area contributed by atoms with Gasteiger partial charge in [-0.3, -0.25) is 9.59 Å². The number of anilines is 1. The number of carbonyl (C=O) groups excluding carboxylic acids is 1. The summed E-state index contributed by atoms with van der Waals surface area (Å²) in [5.74, 6) is 0.479. The molecule has 0 spiro atoms. The molecule has 2 heterocycles. The predicted octanol–water partition coefficient (Wildman–Crippen LogP) is 4.22. The molecule has 1 amide bonds. The van der Waals surface area contributed by atoms with Crippen LogP contribution in [0.2, 0.25) is 0 Å². The van der Waals surface area contributed by atoms with Gasteiger partial charge in [-0.15, -0.1) is 0 Å². The smallest absolute Gasteiger partial charge is 0.267 e. The third-order valence-corrected chi connectivity index (χ3v) is 5.99. The molecule has 4 rings (SSSR count). The highest BCUT2D eigenvalue weighted by Crippen LogP contribution is 2.21. The van der Waals surface area contributed by atoms with E-state index in [0.717, 1.165) is 11.1 Å². The number of benzene rings is 2. The van der Waals surface area contributed by atoms with Gasteiger partial charge in [0.15, 0.2) is 0 Å². The molecule has 2 aromatic heterocycles. The molecule has 0 saturated carbocycles. The first-order valence-electron chi connectivity index (χ1n) is 11.6. The van der Waals surface area contributed by atoms with E-state index in [1.54, 1.807) is 25.5 Å². The highest BCUT2D eigenvalue weighted by Gasteiger charge is 2.21. The fourth-order valence-corrected chi connectivity index (χ4v) is 3.78. The fraction of sp³-hybridized carbons (Fsp3) is 0.214. The highest BCUT2D eigenvalue weighted by molar-refractivity contribution is 5.95. The molecule has 35 heavy (non-hydrogen) atoms. The van der Waals surface area contributed by atoms with E-state index in [-0.39, 0.29) is 17.4 Å². The summed E-state index contributed by atoms with van der Waals surface area (Å²) in [7, 11) is 1.60. The maximum Gasteiger partial charge on any atom is 0.267 e. The van der Waals surface area contributed by atoms with Crippen molar-refractivity contribution in [3.63, 3.8) is 0 Å². The third kappa shape index (κ3) is 6.07. The summed E-state index contributed by atoms with van der Waals surface area (Å²) in [4.78, 5) is 29.5. The number of nitrogens with zero attached hydrogens (tertiary/aromatic N) is 3. The zero-order valence-corrected chi connectivity index (χ0v) is 20.1. The van der Waals surface area contributed by atoms with Crippen molar-refractivity contribution in [2.45, 2.75) is 25.8 Å². The molecule has 0 aliphatic rings. The van der Waals surface area contributed by atoms with Crippen molar-refractivity contribution in [3.8, 4) is 11.1 Å². The normalized spacial score (nSPS) is 12.7. The Hall–Kier alpha value is -4.10. The fourth-order valence-electron chi connectivity index (χ4n) is 3.78. The van der Waals surface area contributed by atoms with Crippen LogP contribution in [0, 0.1) is 6.92 Å². The lowest BCUT2D eigenvalue weighted by atomic mass is 9.98. The van der Waals surface area contributed by atoms with Gasteiger partial charge in [0.25, 0.3) is 5.56 Å². The van der Waals surface area contributed by atoms with Crippen LogP contribution in [0.4, 0.5) is 5.82 Å². The van der Waals surface area contributed by atoms with E-state index >= 15 is 0 Å². The number of rotatable bonds is 8. The van der Waals surface area contributed by atoms with Crippen LogP contribution >= 0.6 is 0 Å². The average Bonchev–Trinajstić information content (AvgIpc) is 2.87. The van der Waals surface area contributed by atoms with E-state index in [1.807, 2.05) is 36.4 Å². The summed E-state index contributed by atoms with van der Waals surface area (Å²) in [6.07, 6.45) is 3.23. The first-order chi connectivity index (χ1) is 16.9. The molecular formula is C28H29N5O2. The standard InChI is InChI=1S/C28H29N5O2/c1-19-9-11-21(12-10-19)20(2)16-30-27(22-7-5-4-6-8-22)28(35)32-25-14-13-23(17-29-25)24-15-26(34)33(3)31-18-24/h4-15,17-18,20,27,30H,16H2,1-3H3,(H,29,32,35)/t20-,27-/m1/s1. The van der Waals surface area contributed by atoms with Crippen molar-refractivity contribution >= 4 is 11.7 Å². The van der Waals surface area contributed by atoms with Gasteiger partial charge in [-0.05, 0) is 36.1 Å². The molecule has 0 aliphatic heterocycles. The minimum absolute atomic E-state index is 0.192. The summed E-state index contributed by atoms with van der Waals surface area (Å²) >= 11 is 0. The summed E-state index contributed by atoms with van der Waals surface area (Å²) in [6.45, 7) is 4.85. The number of pyridine rings is 1. The number of aromatic nitrogens is 3. The van der Waals surface area contributed by atoms with Crippen molar-refractivity contribution in [1.29, 1.82) is 0 Å². The molecule has 7 nitrogen and oxygen atoms in total. The molecule has 2 N–H and O–H groups in total. The summed E-state index contributed by atoms with van der Waals surface area (Å²) in [6, 6.07) is 22.6. The second kappa shape index (κ2) is 10.9. The Bertz CT molecular complexity index is 1330. The van der Waals surface area contributed by atoms with Gasteiger partial charge in [0, 0.05) is 37.0 Å². The van der Waals surface area contributed by atoms with E-state index < -0.39 is 6.04 Å². The van der Waals surface area contributed by atoms with E-state index in [4.69, 9.17) is 0 Å². The van der Waals surface area contributed by atoms with Crippen LogP contribution in [-0.2, 0) is 11.8 Å². The number of carbonyl (C=O) groups is 1. The van der Waals surface area contributed by atoms with Crippen LogP contribution in [0.1, 0.15) is 35.6 Å². The maximum atomic E-state index is 13.3. The molecule has 0 radical (unpaired) electrons. The molecule has 0 fully saturated rings. The van der Waals surface area contributed by atoms with Gasteiger partial charge in [0.1, 0.15) is 11.9 Å². The van der Waals surface area contributed by atoms with E-state index in [9.17, 15) is 9.59 Å². The Labute approximate surface area is 204 Å². The lowest BCUT2D eigenvalue weighted by molar-refractivity contribution is -0.118. The number of amides is 1. The quantitative estimate of drug-likeness (QED) is 0.405. The van der Waals surface area contributed by atoms with Crippen molar-refractivity contribution in [3.05, 3.63) is 112 Å².